The highest BCUT2D eigenvalue weighted by Gasteiger charge is 2.41. The van der Waals surface area contributed by atoms with Crippen molar-refractivity contribution in [2.75, 3.05) is 0 Å². The van der Waals surface area contributed by atoms with Crippen LogP contribution in [0, 0.1) is 5.92 Å². The maximum Gasteiger partial charge on any atom is 0.303 e. The van der Waals surface area contributed by atoms with Gasteiger partial charge < -0.3 is 5.11 Å². The molecule has 162 valence electrons. The lowest BCUT2D eigenvalue weighted by Crippen LogP contribution is -2.17. The molecule has 0 spiro atoms. The van der Waals surface area contributed by atoms with E-state index in [0.717, 1.165) is 12.0 Å². The fourth-order valence-electron chi connectivity index (χ4n) is 4.53. The van der Waals surface area contributed by atoms with Gasteiger partial charge in [0.25, 0.3) is 0 Å². The molecule has 0 amide bonds. The first kappa shape index (κ1) is 24.0. The van der Waals surface area contributed by atoms with Gasteiger partial charge in [-0.1, -0.05) is 114 Å². The van der Waals surface area contributed by atoms with E-state index in [4.69, 9.17) is 5.11 Å². The van der Waals surface area contributed by atoms with E-state index in [-0.39, 0.29) is 11.8 Å². The quantitative estimate of drug-likeness (QED) is 0.257. The number of carboxylic acids is 1. The summed E-state index contributed by atoms with van der Waals surface area (Å²) in [6, 6.07) is 17.9. The number of carboxylic acid groups (broad SMARTS) is 1. The molecule has 4 atom stereocenters. The Morgan fingerprint density at radius 2 is 1.70 bits per heavy atom. The van der Waals surface area contributed by atoms with Gasteiger partial charge in [-0.05, 0) is 65.2 Å². The van der Waals surface area contributed by atoms with Crippen molar-refractivity contribution < 1.29 is 9.90 Å². The van der Waals surface area contributed by atoms with Crippen molar-refractivity contribution >= 4 is 51.2 Å². The molecule has 1 saturated carbocycles. The molecule has 0 bridgehead atoms. The minimum Gasteiger partial charge on any atom is -0.481 e. The number of rotatable bonds is 7. The standard InChI is InChI=1S/C26H32I2O2/c1-26(2,3)20-6-4-5-18(15-20)9-13-21-22(27)16-23(28)25(21)19-11-7-17(8-12-19)10-14-24(29)30/h4-8,11-12,15,21-23,25H,9-10,13-14,16H2,1-3H3,(H,29,30)/t21-,22?,23?,25+/m0/s1. The van der Waals surface area contributed by atoms with Crippen LogP contribution in [0.3, 0.4) is 0 Å². The van der Waals surface area contributed by atoms with E-state index in [9.17, 15) is 4.79 Å². The fourth-order valence-corrected chi connectivity index (χ4v) is 8.35. The molecular weight excluding hydrogens is 598 g/mol. The summed E-state index contributed by atoms with van der Waals surface area (Å²) < 4.78 is 1.35. The van der Waals surface area contributed by atoms with Crippen LogP contribution in [-0.4, -0.2) is 18.9 Å². The number of carbonyl (C=O) groups is 1. The van der Waals surface area contributed by atoms with Gasteiger partial charge in [0.05, 0.1) is 0 Å². The van der Waals surface area contributed by atoms with Crippen molar-refractivity contribution in [1.29, 1.82) is 0 Å². The second kappa shape index (κ2) is 10.3. The van der Waals surface area contributed by atoms with E-state index in [1.54, 1.807) is 0 Å². The first-order chi connectivity index (χ1) is 14.1. The molecule has 2 unspecified atom stereocenters. The zero-order valence-electron chi connectivity index (χ0n) is 18.1. The Kier molecular flexibility index (Phi) is 8.27. The largest absolute Gasteiger partial charge is 0.481 e. The molecule has 4 heteroatoms. The molecule has 0 aromatic heterocycles. The predicted molar refractivity (Wildman–Crippen MR) is 142 cm³/mol. The molecule has 0 heterocycles. The van der Waals surface area contributed by atoms with Gasteiger partial charge in [-0.25, -0.2) is 0 Å². The van der Waals surface area contributed by atoms with E-state index in [0.29, 0.717) is 26.1 Å². The Morgan fingerprint density at radius 3 is 2.33 bits per heavy atom. The molecular formula is C26H32I2O2. The van der Waals surface area contributed by atoms with E-state index in [2.05, 4.69) is 114 Å². The monoisotopic (exact) mass is 630 g/mol. The zero-order valence-corrected chi connectivity index (χ0v) is 22.4. The highest BCUT2D eigenvalue weighted by atomic mass is 127. The normalized spacial score (nSPS) is 24.2. The van der Waals surface area contributed by atoms with Crippen molar-refractivity contribution in [2.24, 2.45) is 5.92 Å². The summed E-state index contributed by atoms with van der Waals surface area (Å²) in [7, 11) is 0. The van der Waals surface area contributed by atoms with Crippen LogP contribution in [0.1, 0.15) is 68.2 Å². The second-order valence-corrected chi connectivity index (χ2v) is 12.8. The van der Waals surface area contributed by atoms with Crippen LogP contribution < -0.4 is 0 Å². The Morgan fingerprint density at radius 1 is 1.00 bits per heavy atom. The minimum absolute atomic E-state index is 0.188. The molecule has 1 fully saturated rings. The number of benzene rings is 2. The molecule has 0 radical (unpaired) electrons. The summed E-state index contributed by atoms with van der Waals surface area (Å²) in [5, 5.41) is 8.91. The van der Waals surface area contributed by atoms with Crippen LogP contribution in [0.5, 0.6) is 0 Å². The molecule has 1 aliphatic rings. The molecule has 0 saturated heterocycles. The number of aryl methyl sites for hydroxylation is 2. The van der Waals surface area contributed by atoms with E-state index in [1.165, 1.54) is 29.5 Å². The van der Waals surface area contributed by atoms with Gasteiger partial charge in [0, 0.05) is 14.3 Å². The lowest BCUT2D eigenvalue weighted by molar-refractivity contribution is -0.136. The van der Waals surface area contributed by atoms with Crippen LogP contribution >= 0.6 is 45.2 Å². The maximum absolute atomic E-state index is 10.8. The SMILES string of the molecule is CC(C)(C)c1cccc(CC[C@H]2C(I)CC(I)[C@@H]2c2ccc(CCC(=O)O)cc2)c1. The Bertz CT molecular complexity index is 854. The minimum atomic E-state index is -0.731. The highest BCUT2D eigenvalue weighted by Crippen LogP contribution is 2.49. The number of halogens is 2. The smallest absolute Gasteiger partial charge is 0.303 e. The van der Waals surface area contributed by atoms with Crippen molar-refractivity contribution in [3.05, 3.63) is 70.8 Å². The maximum atomic E-state index is 10.8. The first-order valence-electron chi connectivity index (χ1n) is 10.8. The molecule has 1 aliphatic carbocycles. The number of hydrogen-bond acceptors (Lipinski definition) is 1. The third-order valence-corrected chi connectivity index (χ3v) is 9.03. The Balaban J connectivity index is 1.71. The summed E-state index contributed by atoms with van der Waals surface area (Å²) >= 11 is 5.32. The topological polar surface area (TPSA) is 37.3 Å². The predicted octanol–water partition coefficient (Wildman–Crippen LogP) is 7.34. The molecule has 0 aliphatic heterocycles. The Labute approximate surface area is 208 Å². The molecule has 1 N–H and O–H groups in total. The van der Waals surface area contributed by atoms with Crippen LogP contribution in [-0.2, 0) is 23.1 Å². The summed E-state index contributed by atoms with van der Waals surface area (Å²) in [5.74, 6) is 0.521. The molecule has 2 aromatic rings. The van der Waals surface area contributed by atoms with Crippen LogP contribution in [0.2, 0.25) is 0 Å². The van der Waals surface area contributed by atoms with Crippen LogP contribution in [0.15, 0.2) is 48.5 Å². The number of hydrogen-bond donors (Lipinski definition) is 1. The summed E-state index contributed by atoms with van der Waals surface area (Å²) in [6.45, 7) is 6.84. The lowest BCUT2D eigenvalue weighted by Gasteiger charge is -2.25. The zero-order chi connectivity index (χ0) is 21.9. The fraction of sp³-hybridized carbons (Fsp3) is 0.500. The summed E-state index contributed by atoms with van der Waals surface area (Å²) in [5.41, 5.74) is 5.59. The van der Waals surface area contributed by atoms with E-state index >= 15 is 0 Å². The Hall–Kier alpha value is -0.630. The molecule has 30 heavy (non-hydrogen) atoms. The third kappa shape index (κ3) is 6.21. The highest BCUT2D eigenvalue weighted by molar-refractivity contribution is 14.1. The number of aliphatic carboxylic acids is 1. The first-order valence-corrected chi connectivity index (χ1v) is 13.3. The second-order valence-electron chi connectivity index (χ2n) is 9.58. The van der Waals surface area contributed by atoms with Crippen LogP contribution in [0.4, 0.5) is 0 Å². The molecule has 3 rings (SSSR count). The van der Waals surface area contributed by atoms with Crippen LogP contribution in [0.25, 0.3) is 0 Å². The van der Waals surface area contributed by atoms with Gasteiger partial charge in [0.2, 0.25) is 0 Å². The summed E-state index contributed by atoms with van der Waals surface area (Å²) in [4.78, 5) is 10.8. The van der Waals surface area contributed by atoms with Gasteiger partial charge in [-0.15, -0.1) is 0 Å². The average molecular weight is 630 g/mol. The van der Waals surface area contributed by atoms with Crippen molar-refractivity contribution in [2.45, 2.75) is 72.1 Å². The third-order valence-electron chi connectivity index (χ3n) is 6.32. The van der Waals surface area contributed by atoms with Gasteiger partial charge in [-0.2, -0.15) is 0 Å². The summed E-state index contributed by atoms with van der Waals surface area (Å²) in [6.07, 6.45) is 4.41. The van der Waals surface area contributed by atoms with Gasteiger partial charge in [-0.3, -0.25) is 4.79 Å². The van der Waals surface area contributed by atoms with Gasteiger partial charge >= 0.3 is 5.97 Å². The van der Waals surface area contributed by atoms with Crippen molar-refractivity contribution in [1.82, 2.24) is 0 Å². The van der Waals surface area contributed by atoms with Gasteiger partial charge in [0.1, 0.15) is 0 Å². The van der Waals surface area contributed by atoms with E-state index in [1.807, 2.05) is 0 Å². The molecule has 2 nitrogen and oxygen atoms in total. The lowest BCUT2D eigenvalue weighted by atomic mass is 9.83. The number of alkyl halides is 2. The molecule has 2 aromatic carbocycles. The van der Waals surface area contributed by atoms with E-state index < -0.39 is 5.97 Å². The van der Waals surface area contributed by atoms with Crippen molar-refractivity contribution in [3.63, 3.8) is 0 Å². The van der Waals surface area contributed by atoms with Crippen molar-refractivity contribution in [3.8, 4) is 0 Å². The average Bonchev–Trinajstić information content (AvgIpc) is 2.97. The van der Waals surface area contributed by atoms with Gasteiger partial charge in [0.15, 0.2) is 0 Å².